The van der Waals surface area contributed by atoms with E-state index in [4.69, 9.17) is 14.2 Å². The SMILES string of the molecule is COCCOc1ccccc1NC(=O)c1c(C)ccn(-c2ccccc2OC)c1=O. The molecule has 0 aliphatic heterocycles. The lowest BCUT2D eigenvalue weighted by Crippen LogP contribution is -2.29. The smallest absolute Gasteiger partial charge is 0.268 e. The van der Waals surface area contributed by atoms with Crippen molar-refractivity contribution < 1.29 is 19.0 Å². The molecule has 0 radical (unpaired) electrons. The zero-order valence-electron chi connectivity index (χ0n) is 17.2. The topological polar surface area (TPSA) is 78.8 Å². The highest BCUT2D eigenvalue weighted by atomic mass is 16.5. The number of hydrogen-bond donors (Lipinski definition) is 1. The average molecular weight is 408 g/mol. The van der Waals surface area contributed by atoms with Gasteiger partial charge in [0.2, 0.25) is 0 Å². The molecular weight excluding hydrogens is 384 g/mol. The molecule has 3 rings (SSSR count). The number of nitrogens with one attached hydrogen (secondary N) is 1. The van der Waals surface area contributed by atoms with Gasteiger partial charge in [-0.05, 0) is 42.8 Å². The van der Waals surface area contributed by atoms with Crippen molar-refractivity contribution in [2.75, 3.05) is 32.8 Å². The lowest BCUT2D eigenvalue weighted by molar-refractivity contribution is 0.102. The summed E-state index contributed by atoms with van der Waals surface area (Å²) in [7, 11) is 3.12. The van der Waals surface area contributed by atoms with Gasteiger partial charge in [-0.1, -0.05) is 24.3 Å². The Morgan fingerprint density at radius 1 is 0.967 bits per heavy atom. The molecule has 0 aliphatic carbocycles. The fraction of sp³-hybridized carbons (Fsp3) is 0.217. The van der Waals surface area contributed by atoms with Gasteiger partial charge in [-0.3, -0.25) is 14.2 Å². The standard InChI is InChI=1S/C23H24N2O5/c1-16-12-13-25(18-9-5-7-11-20(18)29-3)23(27)21(16)22(26)24-17-8-4-6-10-19(17)30-15-14-28-2/h4-13H,14-15H2,1-3H3,(H,24,26). The number of rotatable bonds is 8. The van der Waals surface area contributed by atoms with E-state index in [1.165, 1.54) is 11.7 Å². The molecule has 156 valence electrons. The van der Waals surface area contributed by atoms with Gasteiger partial charge in [0, 0.05) is 13.3 Å². The molecule has 1 aromatic heterocycles. The number of ether oxygens (including phenoxy) is 3. The van der Waals surface area contributed by atoms with E-state index in [1.54, 1.807) is 68.8 Å². The summed E-state index contributed by atoms with van der Waals surface area (Å²) >= 11 is 0. The molecule has 2 aromatic carbocycles. The number of para-hydroxylation sites is 4. The van der Waals surface area contributed by atoms with E-state index in [0.717, 1.165) is 0 Å². The van der Waals surface area contributed by atoms with Gasteiger partial charge in [0.15, 0.2) is 0 Å². The molecule has 0 saturated carbocycles. The Bertz CT molecular complexity index is 1090. The summed E-state index contributed by atoms with van der Waals surface area (Å²) in [5.41, 5.74) is 1.22. The molecule has 0 bridgehead atoms. The van der Waals surface area contributed by atoms with Crippen molar-refractivity contribution in [2.24, 2.45) is 0 Å². The number of benzene rings is 2. The first-order chi connectivity index (χ1) is 14.6. The van der Waals surface area contributed by atoms with E-state index in [0.29, 0.717) is 41.7 Å². The second kappa shape index (κ2) is 9.76. The maximum Gasteiger partial charge on any atom is 0.268 e. The molecule has 7 nitrogen and oxygen atoms in total. The highest BCUT2D eigenvalue weighted by Crippen LogP contribution is 2.25. The maximum atomic E-state index is 13.2. The average Bonchev–Trinajstić information content (AvgIpc) is 2.75. The normalized spacial score (nSPS) is 10.5. The molecule has 0 unspecified atom stereocenters. The summed E-state index contributed by atoms with van der Waals surface area (Å²) in [6.45, 7) is 2.49. The largest absolute Gasteiger partial charge is 0.495 e. The van der Waals surface area contributed by atoms with Crippen LogP contribution in [0.2, 0.25) is 0 Å². The highest BCUT2D eigenvalue weighted by molar-refractivity contribution is 6.05. The Hall–Kier alpha value is -3.58. The first-order valence-electron chi connectivity index (χ1n) is 9.44. The van der Waals surface area contributed by atoms with Crippen molar-refractivity contribution in [3.63, 3.8) is 0 Å². The number of carbonyl (C=O) groups excluding carboxylic acids is 1. The minimum absolute atomic E-state index is 0.0510. The lowest BCUT2D eigenvalue weighted by atomic mass is 10.1. The zero-order valence-corrected chi connectivity index (χ0v) is 17.2. The molecule has 0 saturated heterocycles. The third-order valence-electron chi connectivity index (χ3n) is 4.55. The van der Waals surface area contributed by atoms with E-state index in [2.05, 4.69) is 5.32 Å². The van der Waals surface area contributed by atoms with Crippen LogP contribution < -0.4 is 20.3 Å². The predicted molar refractivity (Wildman–Crippen MR) is 115 cm³/mol. The lowest BCUT2D eigenvalue weighted by Gasteiger charge is -2.15. The van der Waals surface area contributed by atoms with E-state index >= 15 is 0 Å². The van der Waals surface area contributed by atoms with Crippen LogP contribution in [0.25, 0.3) is 5.69 Å². The number of methoxy groups -OCH3 is 2. The minimum atomic E-state index is -0.510. The summed E-state index contributed by atoms with van der Waals surface area (Å²) in [4.78, 5) is 26.2. The minimum Gasteiger partial charge on any atom is -0.495 e. The predicted octanol–water partition coefficient (Wildman–Crippen LogP) is 3.43. The van der Waals surface area contributed by atoms with E-state index in [9.17, 15) is 9.59 Å². The summed E-state index contributed by atoms with van der Waals surface area (Å²) < 4.78 is 17.4. The first kappa shape index (κ1) is 21.1. The van der Waals surface area contributed by atoms with Crippen molar-refractivity contribution >= 4 is 11.6 Å². The van der Waals surface area contributed by atoms with Gasteiger partial charge in [0.1, 0.15) is 23.7 Å². The Balaban J connectivity index is 1.95. The molecule has 1 amide bonds. The number of hydrogen-bond acceptors (Lipinski definition) is 5. The third kappa shape index (κ3) is 4.52. The molecule has 0 spiro atoms. The van der Waals surface area contributed by atoms with Gasteiger partial charge in [-0.2, -0.15) is 0 Å². The Morgan fingerprint density at radius 2 is 1.67 bits per heavy atom. The van der Waals surface area contributed by atoms with E-state index in [-0.39, 0.29) is 5.56 Å². The number of pyridine rings is 1. The maximum absolute atomic E-state index is 13.2. The monoisotopic (exact) mass is 408 g/mol. The van der Waals surface area contributed by atoms with Crippen LogP contribution in [0.15, 0.2) is 65.6 Å². The van der Waals surface area contributed by atoms with Gasteiger partial charge in [0.25, 0.3) is 11.5 Å². The molecule has 3 aromatic rings. The van der Waals surface area contributed by atoms with Crippen LogP contribution in [-0.4, -0.2) is 37.9 Å². The van der Waals surface area contributed by atoms with Crippen LogP contribution in [0.5, 0.6) is 11.5 Å². The number of nitrogens with zero attached hydrogens (tertiary/aromatic N) is 1. The van der Waals surface area contributed by atoms with Crippen LogP contribution in [0.3, 0.4) is 0 Å². The molecule has 0 atom stereocenters. The number of amides is 1. The van der Waals surface area contributed by atoms with Crippen LogP contribution in [-0.2, 0) is 4.74 Å². The number of aryl methyl sites for hydroxylation is 1. The van der Waals surface area contributed by atoms with Crippen LogP contribution in [0, 0.1) is 6.92 Å². The second-order valence-corrected chi connectivity index (χ2v) is 6.51. The first-order valence-corrected chi connectivity index (χ1v) is 9.44. The van der Waals surface area contributed by atoms with Crippen molar-refractivity contribution in [3.05, 3.63) is 82.3 Å². The summed E-state index contributed by atoms with van der Waals surface area (Å²) in [6.07, 6.45) is 1.63. The molecular formula is C23H24N2O5. The van der Waals surface area contributed by atoms with Crippen molar-refractivity contribution in [3.8, 4) is 17.2 Å². The van der Waals surface area contributed by atoms with Gasteiger partial charge in [-0.15, -0.1) is 0 Å². The summed E-state index contributed by atoms with van der Waals surface area (Å²) in [5.74, 6) is 0.526. The van der Waals surface area contributed by atoms with E-state index in [1.807, 2.05) is 6.07 Å². The van der Waals surface area contributed by atoms with Crippen LogP contribution in [0.4, 0.5) is 5.69 Å². The highest BCUT2D eigenvalue weighted by Gasteiger charge is 2.19. The molecule has 30 heavy (non-hydrogen) atoms. The van der Waals surface area contributed by atoms with Crippen molar-refractivity contribution in [1.29, 1.82) is 0 Å². The van der Waals surface area contributed by atoms with Crippen molar-refractivity contribution in [1.82, 2.24) is 4.57 Å². The van der Waals surface area contributed by atoms with Crippen molar-refractivity contribution in [2.45, 2.75) is 6.92 Å². The van der Waals surface area contributed by atoms with Gasteiger partial charge in [-0.25, -0.2) is 0 Å². The summed E-state index contributed by atoms with van der Waals surface area (Å²) in [5, 5.41) is 2.79. The van der Waals surface area contributed by atoms with Gasteiger partial charge >= 0.3 is 0 Å². The van der Waals surface area contributed by atoms with Crippen LogP contribution >= 0.6 is 0 Å². The summed E-state index contributed by atoms with van der Waals surface area (Å²) in [6, 6.07) is 15.9. The Kier molecular flexibility index (Phi) is 6.87. The third-order valence-corrected chi connectivity index (χ3v) is 4.55. The molecule has 0 aliphatic rings. The van der Waals surface area contributed by atoms with Gasteiger partial charge in [0.05, 0.1) is 25.1 Å². The second-order valence-electron chi connectivity index (χ2n) is 6.51. The zero-order chi connectivity index (χ0) is 21.5. The molecule has 1 N–H and O–H groups in total. The molecule has 0 fully saturated rings. The Morgan fingerprint density at radius 3 is 2.40 bits per heavy atom. The Labute approximate surface area is 174 Å². The number of anilines is 1. The van der Waals surface area contributed by atoms with Crippen LogP contribution in [0.1, 0.15) is 15.9 Å². The fourth-order valence-electron chi connectivity index (χ4n) is 3.04. The molecule has 7 heteroatoms. The van der Waals surface area contributed by atoms with E-state index < -0.39 is 11.5 Å². The number of carbonyl (C=O) groups is 1. The van der Waals surface area contributed by atoms with Gasteiger partial charge < -0.3 is 19.5 Å². The quantitative estimate of drug-likeness (QED) is 0.578. The molecule has 1 heterocycles. The fourth-order valence-corrected chi connectivity index (χ4v) is 3.04. The number of aromatic nitrogens is 1.